The maximum atomic E-state index is 9.83. The molecule has 78 valence electrons. The Morgan fingerprint density at radius 2 is 2.14 bits per heavy atom. The van der Waals surface area contributed by atoms with Gasteiger partial charge in [-0.05, 0) is 12.5 Å². The zero-order chi connectivity index (χ0) is 9.97. The molecule has 0 aromatic rings. The molecule has 1 aliphatic heterocycles. The van der Waals surface area contributed by atoms with Crippen LogP contribution in [0.2, 0.25) is 0 Å². The molecule has 2 rings (SSSR count). The second kappa shape index (κ2) is 4.02. The van der Waals surface area contributed by atoms with Crippen molar-refractivity contribution in [1.82, 2.24) is 10.2 Å². The number of rotatable bonds is 1. The van der Waals surface area contributed by atoms with Crippen LogP contribution in [0.3, 0.4) is 0 Å². The molecular formula is C10H17N3O. The van der Waals surface area contributed by atoms with Crippen LogP contribution < -0.4 is 11.1 Å². The molecule has 4 nitrogen and oxygen atoms in total. The van der Waals surface area contributed by atoms with Crippen LogP contribution in [0, 0.1) is 0 Å². The number of hydrogen-bond donors (Lipinski definition) is 3. The lowest BCUT2D eigenvalue weighted by atomic mass is 10.0. The summed E-state index contributed by atoms with van der Waals surface area (Å²) in [4.78, 5) is 2.18. The number of aliphatic hydroxyl groups excluding tert-OH is 1. The van der Waals surface area contributed by atoms with Gasteiger partial charge in [-0.15, -0.1) is 0 Å². The SMILES string of the molecule is NC1CC=CC(N2CCNCC2)=C1O. The highest BCUT2D eigenvalue weighted by molar-refractivity contribution is 5.28. The Bertz CT molecular complexity index is 267. The van der Waals surface area contributed by atoms with Gasteiger partial charge < -0.3 is 21.1 Å². The molecule has 1 atom stereocenters. The molecule has 2 aliphatic rings. The van der Waals surface area contributed by atoms with E-state index in [1.807, 2.05) is 12.2 Å². The second-order valence-corrected chi connectivity index (χ2v) is 3.75. The maximum Gasteiger partial charge on any atom is 0.132 e. The van der Waals surface area contributed by atoms with Crippen molar-refractivity contribution in [2.75, 3.05) is 26.2 Å². The molecule has 4 heteroatoms. The minimum atomic E-state index is -0.218. The van der Waals surface area contributed by atoms with E-state index in [-0.39, 0.29) is 6.04 Å². The van der Waals surface area contributed by atoms with Crippen molar-refractivity contribution in [1.29, 1.82) is 0 Å². The van der Waals surface area contributed by atoms with E-state index in [9.17, 15) is 5.11 Å². The zero-order valence-corrected chi connectivity index (χ0v) is 8.24. The maximum absolute atomic E-state index is 9.83. The highest BCUT2D eigenvalue weighted by atomic mass is 16.3. The van der Waals surface area contributed by atoms with Crippen molar-refractivity contribution in [2.45, 2.75) is 12.5 Å². The van der Waals surface area contributed by atoms with E-state index in [1.54, 1.807) is 0 Å². The normalized spacial score (nSPS) is 28.4. The van der Waals surface area contributed by atoms with E-state index in [1.165, 1.54) is 0 Å². The lowest BCUT2D eigenvalue weighted by Gasteiger charge is -2.32. The van der Waals surface area contributed by atoms with Crippen molar-refractivity contribution in [2.24, 2.45) is 5.73 Å². The first-order valence-corrected chi connectivity index (χ1v) is 5.10. The van der Waals surface area contributed by atoms with Gasteiger partial charge in [-0.3, -0.25) is 0 Å². The monoisotopic (exact) mass is 195 g/mol. The van der Waals surface area contributed by atoms with E-state index in [4.69, 9.17) is 5.73 Å². The quantitative estimate of drug-likeness (QED) is 0.549. The fourth-order valence-corrected chi connectivity index (χ4v) is 1.89. The molecular weight excluding hydrogens is 178 g/mol. The third-order valence-corrected chi connectivity index (χ3v) is 2.74. The molecule has 0 bridgehead atoms. The van der Waals surface area contributed by atoms with Crippen LogP contribution in [-0.4, -0.2) is 42.2 Å². The molecule has 0 aromatic heterocycles. The van der Waals surface area contributed by atoms with E-state index < -0.39 is 0 Å². The summed E-state index contributed by atoms with van der Waals surface area (Å²) in [5, 5.41) is 13.1. The van der Waals surface area contributed by atoms with Crippen molar-refractivity contribution >= 4 is 0 Å². The molecule has 0 spiro atoms. The number of hydrogen-bond acceptors (Lipinski definition) is 4. The van der Waals surface area contributed by atoms with Gasteiger partial charge in [0.15, 0.2) is 0 Å². The first kappa shape index (κ1) is 9.55. The van der Waals surface area contributed by atoms with Gasteiger partial charge in [-0.1, -0.05) is 6.08 Å². The summed E-state index contributed by atoms with van der Waals surface area (Å²) in [6.45, 7) is 3.83. The van der Waals surface area contributed by atoms with Crippen LogP contribution in [0.1, 0.15) is 6.42 Å². The summed E-state index contributed by atoms with van der Waals surface area (Å²) >= 11 is 0. The van der Waals surface area contributed by atoms with Crippen molar-refractivity contribution in [3.63, 3.8) is 0 Å². The van der Waals surface area contributed by atoms with Gasteiger partial charge in [0.05, 0.1) is 11.7 Å². The highest BCUT2D eigenvalue weighted by Crippen LogP contribution is 2.19. The van der Waals surface area contributed by atoms with E-state index in [2.05, 4.69) is 10.2 Å². The minimum absolute atomic E-state index is 0.218. The Balaban J connectivity index is 2.14. The second-order valence-electron chi connectivity index (χ2n) is 3.75. The Labute approximate surface area is 84.1 Å². The van der Waals surface area contributed by atoms with Gasteiger partial charge in [-0.2, -0.15) is 0 Å². The summed E-state index contributed by atoms with van der Waals surface area (Å²) in [6.07, 6.45) is 4.74. The summed E-state index contributed by atoms with van der Waals surface area (Å²) in [6, 6.07) is -0.218. The summed E-state index contributed by atoms with van der Waals surface area (Å²) in [5.74, 6) is 0.342. The molecule has 1 heterocycles. The average Bonchev–Trinajstić information content (AvgIpc) is 2.23. The van der Waals surface area contributed by atoms with E-state index in [0.717, 1.165) is 38.3 Å². The van der Waals surface area contributed by atoms with Crippen LogP contribution in [0.25, 0.3) is 0 Å². The van der Waals surface area contributed by atoms with Gasteiger partial charge >= 0.3 is 0 Å². The highest BCUT2D eigenvalue weighted by Gasteiger charge is 2.20. The molecule has 0 saturated carbocycles. The van der Waals surface area contributed by atoms with Gasteiger partial charge in [0.25, 0.3) is 0 Å². The summed E-state index contributed by atoms with van der Waals surface area (Å²) < 4.78 is 0. The topological polar surface area (TPSA) is 61.5 Å². The fourth-order valence-electron chi connectivity index (χ4n) is 1.89. The van der Waals surface area contributed by atoms with Crippen molar-refractivity contribution < 1.29 is 5.11 Å². The molecule has 0 amide bonds. The molecule has 14 heavy (non-hydrogen) atoms. The van der Waals surface area contributed by atoms with E-state index in [0.29, 0.717) is 5.76 Å². The van der Waals surface area contributed by atoms with Crippen LogP contribution in [0.15, 0.2) is 23.6 Å². The van der Waals surface area contributed by atoms with E-state index >= 15 is 0 Å². The Hall–Kier alpha value is -1.00. The van der Waals surface area contributed by atoms with Crippen LogP contribution in [0.4, 0.5) is 0 Å². The number of nitrogens with zero attached hydrogens (tertiary/aromatic N) is 1. The summed E-state index contributed by atoms with van der Waals surface area (Å²) in [5.41, 5.74) is 6.68. The summed E-state index contributed by atoms with van der Waals surface area (Å²) in [7, 11) is 0. The van der Waals surface area contributed by atoms with Crippen LogP contribution >= 0.6 is 0 Å². The number of nitrogens with one attached hydrogen (secondary N) is 1. The largest absolute Gasteiger partial charge is 0.508 e. The lowest BCUT2D eigenvalue weighted by molar-refractivity contribution is 0.269. The van der Waals surface area contributed by atoms with Crippen LogP contribution in [0.5, 0.6) is 0 Å². The average molecular weight is 195 g/mol. The van der Waals surface area contributed by atoms with Crippen molar-refractivity contribution in [3.8, 4) is 0 Å². The smallest absolute Gasteiger partial charge is 0.132 e. The fraction of sp³-hybridized carbons (Fsp3) is 0.600. The molecule has 1 aliphatic carbocycles. The first-order chi connectivity index (χ1) is 6.79. The predicted molar refractivity (Wildman–Crippen MR) is 55.8 cm³/mol. The molecule has 4 N–H and O–H groups in total. The minimum Gasteiger partial charge on any atom is -0.508 e. The Morgan fingerprint density at radius 1 is 1.43 bits per heavy atom. The zero-order valence-electron chi connectivity index (χ0n) is 8.24. The van der Waals surface area contributed by atoms with Gasteiger partial charge in [-0.25, -0.2) is 0 Å². The lowest BCUT2D eigenvalue weighted by Crippen LogP contribution is -2.44. The standard InChI is InChI=1S/C10H17N3O/c11-8-2-1-3-9(10(8)14)13-6-4-12-5-7-13/h1,3,8,12,14H,2,4-7,11H2. The molecule has 0 aromatic carbocycles. The molecule has 1 saturated heterocycles. The molecule has 0 radical (unpaired) electrons. The number of nitrogens with two attached hydrogens (primary N) is 1. The Kier molecular flexibility index (Phi) is 2.74. The van der Waals surface area contributed by atoms with Crippen LogP contribution in [-0.2, 0) is 0 Å². The third kappa shape index (κ3) is 1.76. The molecule has 1 unspecified atom stereocenters. The number of piperazine rings is 1. The van der Waals surface area contributed by atoms with Crippen molar-refractivity contribution in [3.05, 3.63) is 23.6 Å². The van der Waals surface area contributed by atoms with Gasteiger partial charge in [0, 0.05) is 26.2 Å². The number of allylic oxidation sites excluding steroid dienone is 1. The van der Waals surface area contributed by atoms with Gasteiger partial charge in [0.1, 0.15) is 5.76 Å². The Morgan fingerprint density at radius 3 is 2.86 bits per heavy atom. The predicted octanol–water partition coefficient (Wildman–Crippen LogP) is -0.0516. The number of aliphatic hydroxyl groups is 1. The van der Waals surface area contributed by atoms with Gasteiger partial charge in [0.2, 0.25) is 0 Å². The third-order valence-electron chi connectivity index (χ3n) is 2.74. The first-order valence-electron chi connectivity index (χ1n) is 5.10. The molecule has 1 fully saturated rings.